The number of β-amino-alcohol motifs (C(OH)–C–C–N with tert-alkyl or cyclic N) is 1. The summed E-state index contributed by atoms with van der Waals surface area (Å²) in [6.45, 7) is 1.45. The maximum absolute atomic E-state index is 12.3. The molecule has 0 aromatic heterocycles. The molecule has 1 fully saturated rings. The van der Waals surface area contributed by atoms with Gasteiger partial charge in [-0.1, -0.05) is 6.07 Å². The summed E-state index contributed by atoms with van der Waals surface area (Å²) in [6, 6.07) is 2.86. The first-order valence-electron chi connectivity index (χ1n) is 6.28. The van der Waals surface area contributed by atoms with Crippen LogP contribution in [0.25, 0.3) is 0 Å². The number of carboxylic acids is 1. The molecule has 0 radical (unpaired) electrons. The molecule has 2 rings (SSSR count). The maximum atomic E-state index is 12.3. The van der Waals surface area contributed by atoms with Gasteiger partial charge in [0.25, 0.3) is 11.6 Å². The monoisotopic (exact) mass is 294 g/mol. The summed E-state index contributed by atoms with van der Waals surface area (Å²) in [5.74, 6) is -1.84. The molecule has 0 aliphatic carbocycles. The van der Waals surface area contributed by atoms with Gasteiger partial charge in [-0.25, -0.2) is 4.79 Å². The second-order valence-corrected chi connectivity index (χ2v) is 4.96. The first kappa shape index (κ1) is 14.9. The highest BCUT2D eigenvalue weighted by atomic mass is 16.6. The molecule has 2 unspecified atom stereocenters. The van der Waals surface area contributed by atoms with E-state index in [4.69, 9.17) is 5.11 Å². The third-order valence-electron chi connectivity index (χ3n) is 3.48. The molecule has 1 heterocycles. The van der Waals surface area contributed by atoms with Gasteiger partial charge in [-0.05, 0) is 13.0 Å². The van der Waals surface area contributed by atoms with Crippen LogP contribution < -0.4 is 0 Å². The van der Waals surface area contributed by atoms with Crippen LogP contribution in [-0.2, 0) is 4.79 Å². The third kappa shape index (κ3) is 2.84. The van der Waals surface area contributed by atoms with Crippen LogP contribution in [0.2, 0.25) is 0 Å². The molecule has 21 heavy (non-hydrogen) atoms. The normalized spacial score (nSPS) is 21.3. The van der Waals surface area contributed by atoms with Crippen molar-refractivity contribution in [1.82, 2.24) is 4.90 Å². The lowest BCUT2D eigenvalue weighted by Crippen LogP contribution is -2.40. The number of carboxylic acid groups (broad SMARTS) is 1. The first-order chi connectivity index (χ1) is 9.81. The van der Waals surface area contributed by atoms with Gasteiger partial charge >= 0.3 is 5.97 Å². The van der Waals surface area contributed by atoms with E-state index in [0.717, 1.165) is 11.0 Å². The van der Waals surface area contributed by atoms with Gasteiger partial charge in [-0.2, -0.15) is 0 Å². The minimum atomic E-state index is -1.21. The number of benzene rings is 1. The average molecular weight is 294 g/mol. The van der Waals surface area contributed by atoms with Crippen molar-refractivity contribution in [3.63, 3.8) is 0 Å². The summed E-state index contributed by atoms with van der Waals surface area (Å²) in [4.78, 5) is 34.8. The van der Waals surface area contributed by atoms with Gasteiger partial charge in [0.1, 0.15) is 6.04 Å². The predicted octanol–water partition coefficient (Wildman–Crippen LogP) is 0.563. The SMILES string of the molecule is Cc1ccc(C(=O)N2CC(O)CC2C(=O)O)cc1[N+](=O)[O-]. The van der Waals surface area contributed by atoms with Crippen molar-refractivity contribution in [2.24, 2.45) is 0 Å². The van der Waals surface area contributed by atoms with Crippen LogP contribution in [-0.4, -0.2) is 50.6 Å². The molecule has 1 aromatic carbocycles. The van der Waals surface area contributed by atoms with E-state index >= 15 is 0 Å². The summed E-state index contributed by atoms with van der Waals surface area (Å²) in [5.41, 5.74) is 0.243. The fourth-order valence-corrected chi connectivity index (χ4v) is 2.38. The highest BCUT2D eigenvalue weighted by Crippen LogP contribution is 2.24. The number of aliphatic hydroxyl groups is 1. The fourth-order valence-electron chi connectivity index (χ4n) is 2.38. The summed E-state index contributed by atoms with van der Waals surface area (Å²) in [7, 11) is 0. The summed E-state index contributed by atoms with van der Waals surface area (Å²) < 4.78 is 0. The molecule has 1 aliphatic heterocycles. The second-order valence-electron chi connectivity index (χ2n) is 4.96. The van der Waals surface area contributed by atoms with Crippen molar-refractivity contribution in [3.05, 3.63) is 39.4 Å². The Bertz CT molecular complexity index is 615. The number of nitro groups is 1. The van der Waals surface area contributed by atoms with Crippen LogP contribution in [0, 0.1) is 17.0 Å². The molecule has 8 nitrogen and oxygen atoms in total. The Morgan fingerprint density at radius 3 is 2.67 bits per heavy atom. The topological polar surface area (TPSA) is 121 Å². The van der Waals surface area contributed by atoms with Crippen LogP contribution in [0.1, 0.15) is 22.3 Å². The molecule has 0 bridgehead atoms. The standard InChI is InChI=1S/C13H14N2O6/c1-7-2-3-8(4-10(7)15(20)21)12(17)14-6-9(16)5-11(14)13(18)19/h2-4,9,11,16H,5-6H2,1H3,(H,18,19). The molecular formula is C13H14N2O6. The number of aliphatic carboxylic acids is 1. The minimum Gasteiger partial charge on any atom is -0.480 e. The smallest absolute Gasteiger partial charge is 0.326 e. The fraction of sp³-hybridized carbons (Fsp3) is 0.385. The molecule has 8 heteroatoms. The van der Waals surface area contributed by atoms with Crippen LogP contribution >= 0.6 is 0 Å². The summed E-state index contributed by atoms with van der Waals surface area (Å²) in [5, 5.41) is 29.5. The van der Waals surface area contributed by atoms with Crippen molar-refractivity contribution < 1.29 is 24.7 Å². The highest BCUT2D eigenvalue weighted by Gasteiger charge is 2.39. The zero-order valence-corrected chi connectivity index (χ0v) is 11.2. The lowest BCUT2D eigenvalue weighted by Gasteiger charge is -2.21. The van der Waals surface area contributed by atoms with Gasteiger partial charge < -0.3 is 15.1 Å². The van der Waals surface area contributed by atoms with Gasteiger partial charge in [-0.15, -0.1) is 0 Å². The number of carbonyl (C=O) groups excluding carboxylic acids is 1. The second kappa shape index (κ2) is 5.49. The van der Waals surface area contributed by atoms with E-state index < -0.39 is 28.9 Å². The molecule has 1 amide bonds. The zero-order valence-electron chi connectivity index (χ0n) is 11.2. The van der Waals surface area contributed by atoms with E-state index in [0.29, 0.717) is 5.56 Å². The van der Waals surface area contributed by atoms with Crippen molar-refractivity contribution in [1.29, 1.82) is 0 Å². The number of hydrogen-bond donors (Lipinski definition) is 2. The lowest BCUT2D eigenvalue weighted by molar-refractivity contribution is -0.385. The molecule has 1 aromatic rings. The Morgan fingerprint density at radius 1 is 1.43 bits per heavy atom. The molecule has 2 N–H and O–H groups in total. The van der Waals surface area contributed by atoms with E-state index in [2.05, 4.69) is 0 Å². The van der Waals surface area contributed by atoms with E-state index in [-0.39, 0.29) is 24.2 Å². The summed E-state index contributed by atoms with van der Waals surface area (Å²) >= 11 is 0. The quantitative estimate of drug-likeness (QED) is 0.620. The van der Waals surface area contributed by atoms with Crippen LogP contribution in [0.3, 0.4) is 0 Å². The van der Waals surface area contributed by atoms with Gasteiger partial charge in [0.2, 0.25) is 0 Å². The average Bonchev–Trinajstić information content (AvgIpc) is 2.80. The van der Waals surface area contributed by atoms with E-state index in [1.807, 2.05) is 0 Å². The number of amides is 1. The number of hydrogen-bond acceptors (Lipinski definition) is 5. The lowest BCUT2D eigenvalue weighted by atomic mass is 10.1. The Kier molecular flexibility index (Phi) is 3.90. The van der Waals surface area contributed by atoms with Crippen LogP contribution in [0.4, 0.5) is 5.69 Å². The summed E-state index contributed by atoms with van der Waals surface area (Å²) in [6.07, 6.45) is -0.954. The van der Waals surface area contributed by atoms with E-state index in [9.17, 15) is 24.8 Å². The minimum absolute atomic E-state index is 0.0349. The van der Waals surface area contributed by atoms with Gasteiger partial charge in [0.15, 0.2) is 0 Å². The van der Waals surface area contributed by atoms with Gasteiger partial charge in [0, 0.05) is 30.2 Å². The Balaban J connectivity index is 2.33. The molecule has 0 saturated carbocycles. The van der Waals surface area contributed by atoms with Crippen molar-refractivity contribution in [3.8, 4) is 0 Å². The van der Waals surface area contributed by atoms with Crippen LogP contribution in [0.15, 0.2) is 18.2 Å². The molecule has 0 spiro atoms. The Hall–Kier alpha value is -2.48. The van der Waals surface area contributed by atoms with Crippen molar-refractivity contribution in [2.75, 3.05) is 6.54 Å². The highest BCUT2D eigenvalue weighted by molar-refractivity contribution is 5.97. The zero-order chi connectivity index (χ0) is 15.7. The molecule has 112 valence electrons. The van der Waals surface area contributed by atoms with Gasteiger partial charge in [0.05, 0.1) is 11.0 Å². The van der Waals surface area contributed by atoms with E-state index in [1.165, 1.54) is 12.1 Å². The number of nitrogens with zero attached hydrogens (tertiary/aromatic N) is 2. The largest absolute Gasteiger partial charge is 0.480 e. The Labute approximate surface area is 119 Å². The Morgan fingerprint density at radius 2 is 2.10 bits per heavy atom. The maximum Gasteiger partial charge on any atom is 0.326 e. The number of aryl methyl sites for hydroxylation is 1. The van der Waals surface area contributed by atoms with Crippen molar-refractivity contribution in [2.45, 2.75) is 25.5 Å². The molecule has 1 saturated heterocycles. The number of carbonyl (C=O) groups is 2. The predicted molar refractivity (Wildman–Crippen MR) is 70.9 cm³/mol. The van der Waals surface area contributed by atoms with E-state index in [1.54, 1.807) is 6.92 Å². The molecule has 2 atom stereocenters. The van der Waals surface area contributed by atoms with Crippen LogP contribution in [0.5, 0.6) is 0 Å². The number of aliphatic hydroxyl groups excluding tert-OH is 1. The molecule has 1 aliphatic rings. The first-order valence-corrected chi connectivity index (χ1v) is 6.28. The number of nitro benzene ring substituents is 1. The van der Waals surface area contributed by atoms with Crippen molar-refractivity contribution >= 4 is 17.6 Å². The number of likely N-dealkylation sites (tertiary alicyclic amines) is 1. The third-order valence-corrected chi connectivity index (χ3v) is 3.48. The van der Waals surface area contributed by atoms with Gasteiger partial charge in [-0.3, -0.25) is 14.9 Å². The number of rotatable bonds is 3. The molecular weight excluding hydrogens is 280 g/mol.